The Kier molecular flexibility index (Phi) is 4.40. The minimum Gasteiger partial charge on any atom is -0.465 e. The molecule has 2 heterocycles. The smallest absolute Gasteiger partial charge is 0.407 e. The van der Waals surface area contributed by atoms with Gasteiger partial charge in [-0.25, -0.2) is 14.8 Å². The Morgan fingerprint density at radius 3 is 2.78 bits per heavy atom. The van der Waals surface area contributed by atoms with Gasteiger partial charge < -0.3 is 15.1 Å². The number of likely N-dealkylation sites (tertiary alicyclic amines) is 1. The first-order valence-electron chi connectivity index (χ1n) is 7.51. The molecule has 3 rings (SSSR count). The summed E-state index contributed by atoms with van der Waals surface area (Å²) >= 11 is 0. The van der Waals surface area contributed by atoms with Gasteiger partial charge in [0.15, 0.2) is 0 Å². The van der Waals surface area contributed by atoms with E-state index >= 15 is 0 Å². The normalized spacial score (nSPS) is 15.3. The molecule has 0 radical (unpaired) electrons. The monoisotopic (exact) mass is 311 g/mol. The summed E-state index contributed by atoms with van der Waals surface area (Å²) in [5.41, 5.74) is 2.61. The maximum atomic E-state index is 11.0. The fraction of sp³-hybridized carbons (Fsp3) is 0.353. The van der Waals surface area contributed by atoms with Crippen LogP contribution in [0.2, 0.25) is 0 Å². The Bertz CT molecular complexity index is 787. The lowest BCUT2D eigenvalue weighted by Crippen LogP contribution is -2.37. The lowest BCUT2D eigenvalue weighted by molar-refractivity contribution is 0.132. The average Bonchev–Trinajstić information content (AvgIpc) is 2.59. The maximum absolute atomic E-state index is 11.0. The molecule has 23 heavy (non-hydrogen) atoms. The van der Waals surface area contributed by atoms with Crippen LogP contribution in [0.25, 0.3) is 10.9 Å². The van der Waals surface area contributed by atoms with E-state index in [4.69, 9.17) is 10.2 Å². The van der Waals surface area contributed by atoms with Gasteiger partial charge in [0.25, 0.3) is 0 Å². The van der Waals surface area contributed by atoms with Crippen LogP contribution in [-0.2, 0) is 0 Å². The molecule has 1 amide bonds. The molecule has 1 aromatic carbocycles. The van der Waals surface area contributed by atoms with Gasteiger partial charge in [0.2, 0.25) is 0 Å². The third-order valence-electron chi connectivity index (χ3n) is 4.13. The van der Waals surface area contributed by atoms with Crippen molar-refractivity contribution < 1.29 is 15.0 Å². The van der Waals surface area contributed by atoms with Gasteiger partial charge in [-0.05, 0) is 31.0 Å². The molecule has 0 unspecified atom stereocenters. The van der Waals surface area contributed by atoms with Gasteiger partial charge >= 0.3 is 6.09 Å². The van der Waals surface area contributed by atoms with Gasteiger partial charge in [-0.1, -0.05) is 11.8 Å². The molecule has 6 heteroatoms. The SMILES string of the molecule is O=C(O)N1CCC(c2ncnc3ccc(C#CCO)cc23)CC1. The topological polar surface area (TPSA) is 86.5 Å². The molecule has 2 aromatic rings. The van der Waals surface area contributed by atoms with Crippen LogP contribution in [0.4, 0.5) is 4.79 Å². The van der Waals surface area contributed by atoms with E-state index < -0.39 is 6.09 Å². The van der Waals surface area contributed by atoms with Gasteiger partial charge in [0.05, 0.1) is 11.2 Å². The van der Waals surface area contributed by atoms with Crippen LogP contribution in [0.15, 0.2) is 24.5 Å². The highest BCUT2D eigenvalue weighted by Gasteiger charge is 2.25. The lowest BCUT2D eigenvalue weighted by atomic mass is 9.91. The number of aromatic nitrogens is 2. The number of fused-ring (bicyclic) bond motifs is 1. The lowest BCUT2D eigenvalue weighted by Gasteiger charge is -2.30. The number of aliphatic hydroxyl groups excluding tert-OH is 1. The van der Waals surface area contributed by atoms with Crippen molar-refractivity contribution in [3.63, 3.8) is 0 Å². The first kappa shape index (κ1) is 15.3. The second-order valence-corrected chi connectivity index (χ2v) is 5.49. The van der Waals surface area contributed by atoms with Crippen LogP contribution >= 0.6 is 0 Å². The second kappa shape index (κ2) is 6.63. The minimum atomic E-state index is -0.863. The number of hydrogen-bond donors (Lipinski definition) is 2. The maximum Gasteiger partial charge on any atom is 0.407 e. The number of hydrogen-bond acceptors (Lipinski definition) is 4. The number of rotatable bonds is 1. The molecule has 1 aromatic heterocycles. The Labute approximate surface area is 133 Å². The van der Waals surface area contributed by atoms with Gasteiger partial charge in [-0.15, -0.1) is 0 Å². The molecular weight excluding hydrogens is 294 g/mol. The summed E-state index contributed by atoms with van der Waals surface area (Å²) in [6.45, 7) is 0.870. The summed E-state index contributed by atoms with van der Waals surface area (Å²) in [6, 6.07) is 5.71. The van der Waals surface area contributed by atoms with Crippen LogP contribution in [0.3, 0.4) is 0 Å². The van der Waals surface area contributed by atoms with Crippen LogP contribution < -0.4 is 0 Å². The standard InChI is InChI=1S/C17H17N3O3/c21-9-1-2-12-3-4-15-14(10-12)16(19-11-18-15)13-5-7-20(8-6-13)17(22)23/h3-4,10-11,13,21H,5-9H2,(H,22,23). The summed E-state index contributed by atoms with van der Waals surface area (Å²) in [5, 5.41) is 18.8. The highest BCUT2D eigenvalue weighted by Crippen LogP contribution is 2.31. The average molecular weight is 311 g/mol. The van der Waals surface area contributed by atoms with Gasteiger partial charge in [0, 0.05) is 30.0 Å². The van der Waals surface area contributed by atoms with Crippen LogP contribution in [0.5, 0.6) is 0 Å². The molecule has 1 aliphatic rings. The largest absolute Gasteiger partial charge is 0.465 e. The minimum absolute atomic E-state index is 0.177. The molecule has 1 fully saturated rings. The molecule has 0 bridgehead atoms. The van der Waals surface area contributed by atoms with Crippen molar-refractivity contribution in [3.8, 4) is 11.8 Å². The summed E-state index contributed by atoms with van der Waals surface area (Å²) in [7, 11) is 0. The van der Waals surface area contributed by atoms with E-state index in [1.165, 1.54) is 4.90 Å². The Balaban J connectivity index is 1.93. The van der Waals surface area contributed by atoms with E-state index in [0.717, 1.165) is 35.0 Å². The number of nitrogens with zero attached hydrogens (tertiary/aromatic N) is 3. The highest BCUT2D eigenvalue weighted by atomic mass is 16.4. The predicted octanol–water partition coefficient (Wildman–Crippen LogP) is 1.83. The number of carbonyl (C=O) groups is 1. The Morgan fingerprint density at radius 1 is 1.30 bits per heavy atom. The fourth-order valence-corrected chi connectivity index (χ4v) is 2.97. The third-order valence-corrected chi connectivity index (χ3v) is 4.13. The predicted molar refractivity (Wildman–Crippen MR) is 85.1 cm³/mol. The van der Waals surface area contributed by atoms with Gasteiger partial charge in [-0.2, -0.15) is 0 Å². The van der Waals surface area contributed by atoms with Crippen molar-refractivity contribution >= 4 is 17.0 Å². The van der Waals surface area contributed by atoms with E-state index in [1.54, 1.807) is 6.33 Å². The van der Waals surface area contributed by atoms with E-state index in [0.29, 0.717) is 13.1 Å². The molecular formula is C17H17N3O3. The molecule has 1 aliphatic heterocycles. The van der Waals surface area contributed by atoms with Crippen molar-refractivity contribution in [2.45, 2.75) is 18.8 Å². The number of carboxylic acid groups (broad SMARTS) is 1. The number of piperidine rings is 1. The molecule has 0 saturated carbocycles. The van der Waals surface area contributed by atoms with Crippen molar-refractivity contribution in [2.75, 3.05) is 19.7 Å². The summed E-state index contributed by atoms with van der Waals surface area (Å²) in [6.07, 6.45) is 2.20. The van der Waals surface area contributed by atoms with Crippen LogP contribution in [0.1, 0.15) is 30.0 Å². The summed E-state index contributed by atoms with van der Waals surface area (Å²) < 4.78 is 0. The van der Waals surface area contributed by atoms with Crippen molar-refractivity contribution in [3.05, 3.63) is 35.8 Å². The van der Waals surface area contributed by atoms with Crippen LogP contribution in [0, 0.1) is 11.8 Å². The molecule has 118 valence electrons. The zero-order chi connectivity index (χ0) is 16.2. The van der Waals surface area contributed by atoms with Crippen molar-refractivity contribution in [1.29, 1.82) is 0 Å². The zero-order valence-corrected chi connectivity index (χ0v) is 12.6. The van der Waals surface area contributed by atoms with E-state index in [2.05, 4.69) is 21.8 Å². The van der Waals surface area contributed by atoms with E-state index in [9.17, 15) is 4.79 Å². The van der Waals surface area contributed by atoms with Crippen LogP contribution in [-0.4, -0.2) is 50.9 Å². The first-order valence-corrected chi connectivity index (χ1v) is 7.51. The Morgan fingerprint density at radius 2 is 2.09 bits per heavy atom. The molecule has 0 spiro atoms. The number of benzene rings is 1. The third kappa shape index (κ3) is 3.25. The molecule has 1 saturated heterocycles. The number of aliphatic hydroxyl groups is 1. The fourth-order valence-electron chi connectivity index (χ4n) is 2.97. The van der Waals surface area contributed by atoms with E-state index in [1.807, 2.05) is 18.2 Å². The van der Waals surface area contributed by atoms with Crippen molar-refractivity contribution in [2.24, 2.45) is 0 Å². The highest BCUT2D eigenvalue weighted by molar-refractivity contribution is 5.82. The summed E-state index contributed by atoms with van der Waals surface area (Å²) in [4.78, 5) is 21.2. The molecule has 0 aliphatic carbocycles. The number of amides is 1. The summed E-state index contributed by atoms with van der Waals surface area (Å²) in [5.74, 6) is 5.76. The van der Waals surface area contributed by atoms with Gasteiger partial charge in [-0.3, -0.25) is 0 Å². The molecule has 2 N–H and O–H groups in total. The second-order valence-electron chi connectivity index (χ2n) is 5.49. The molecule has 6 nitrogen and oxygen atoms in total. The quantitative estimate of drug-likeness (QED) is 0.785. The Hall–Kier alpha value is -2.65. The molecule has 0 atom stereocenters. The zero-order valence-electron chi connectivity index (χ0n) is 12.6. The van der Waals surface area contributed by atoms with Crippen molar-refractivity contribution in [1.82, 2.24) is 14.9 Å². The van der Waals surface area contributed by atoms with E-state index in [-0.39, 0.29) is 12.5 Å². The first-order chi connectivity index (χ1) is 11.2. The van der Waals surface area contributed by atoms with Gasteiger partial charge in [0.1, 0.15) is 12.9 Å².